The monoisotopic (exact) mass is 222 g/mol. The molecule has 0 rings (SSSR count). The number of carbonyl (C=O) groups excluding carboxylic acids is 1. The van der Waals surface area contributed by atoms with Crippen LogP contribution in [0.5, 0.6) is 0 Å². The lowest BCUT2D eigenvalue weighted by Crippen LogP contribution is -2.41. The molecule has 0 aromatic carbocycles. The maximum absolute atomic E-state index is 11.1. The number of amides is 1. The maximum atomic E-state index is 11.1. The van der Waals surface area contributed by atoms with Crippen molar-refractivity contribution in [1.82, 2.24) is 5.32 Å². The molecule has 0 aliphatic heterocycles. The maximum Gasteiger partial charge on any atom is 0.236 e. The van der Waals surface area contributed by atoms with E-state index in [9.17, 15) is 13.2 Å². The molecular weight excluding hydrogens is 204 g/mol. The second-order valence-corrected chi connectivity index (χ2v) is 5.51. The van der Waals surface area contributed by atoms with Gasteiger partial charge in [-0.3, -0.25) is 4.79 Å². The normalized spacial score (nSPS) is 13.6. The van der Waals surface area contributed by atoms with Crippen LogP contribution in [0.15, 0.2) is 0 Å². The van der Waals surface area contributed by atoms with E-state index in [4.69, 9.17) is 5.73 Å². The molecule has 6 heteroatoms. The van der Waals surface area contributed by atoms with Gasteiger partial charge in [0, 0.05) is 12.3 Å². The third kappa shape index (κ3) is 5.18. The molecule has 0 aromatic heterocycles. The highest BCUT2D eigenvalue weighted by atomic mass is 32.2. The number of rotatable bonds is 6. The Morgan fingerprint density at radius 2 is 2.00 bits per heavy atom. The van der Waals surface area contributed by atoms with E-state index in [1.54, 1.807) is 13.8 Å². The molecule has 0 unspecified atom stereocenters. The molecule has 0 heterocycles. The van der Waals surface area contributed by atoms with Crippen LogP contribution in [0.2, 0.25) is 0 Å². The molecule has 0 aliphatic carbocycles. The third-order valence-electron chi connectivity index (χ3n) is 1.93. The van der Waals surface area contributed by atoms with Crippen LogP contribution in [0.4, 0.5) is 0 Å². The average Bonchev–Trinajstić information content (AvgIpc) is 2.16. The van der Waals surface area contributed by atoms with Crippen LogP contribution in [0.1, 0.15) is 20.3 Å². The van der Waals surface area contributed by atoms with Gasteiger partial charge in [0.2, 0.25) is 5.91 Å². The minimum atomic E-state index is -3.00. The molecule has 0 saturated carbocycles. The molecule has 1 atom stereocenters. The zero-order chi connectivity index (χ0) is 11.2. The van der Waals surface area contributed by atoms with Crippen LogP contribution in [-0.4, -0.2) is 38.4 Å². The summed E-state index contributed by atoms with van der Waals surface area (Å²) in [6, 6.07) is -0.542. The molecule has 0 aromatic rings. The summed E-state index contributed by atoms with van der Waals surface area (Å²) in [6.45, 7) is 3.52. The Hall–Kier alpha value is -0.620. The Morgan fingerprint density at radius 1 is 1.43 bits per heavy atom. The summed E-state index contributed by atoms with van der Waals surface area (Å²) in [4.78, 5) is 11.1. The van der Waals surface area contributed by atoms with E-state index >= 15 is 0 Å². The largest absolute Gasteiger partial charge is 0.354 e. The van der Waals surface area contributed by atoms with Crippen molar-refractivity contribution in [2.24, 2.45) is 5.73 Å². The summed E-state index contributed by atoms with van der Waals surface area (Å²) in [6.07, 6.45) is 0.548. The first-order valence-electron chi connectivity index (χ1n) is 4.66. The summed E-state index contributed by atoms with van der Waals surface area (Å²) in [5.41, 5.74) is 5.44. The molecule has 0 fully saturated rings. The average molecular weight is 222 g/mol. The van der Waals surface area contributed by atoms with Gasteiger partial charge in [-0.1, -0.05) is 13.8 Å². The van der Waals surface area contributed by atoms with Crippen LogP contribution in [0.3, 0.4) is 0 Å². The fourth-order valence-corrected chi connectivity index (χ4v) is 1.49. The fourth-order valence-electron chi connectivity index (χ4n) is 0.791. The molecule has 1 amide bonds. The molecule has 3 N–H and O–H groups in total. The first kappa shape index (κ1) is 13.4. The zero-order valence-electron chi connectivity index (χ0n) is 8.62. The Bertz CT molecular complexity index is 274. The van der Waals surface area contributed by atoms with Crippen LogP contribution in [0, 0.1) is 0 Å². The van der Waals surface area contributed by atoms with Crippen LogP contribution < -0.4 is 11.1 Å². The first-order valence-corrected chi connectivity index (χ1v) is 6.48. The van der Waals surface area contributed by atoms with Crippen molar-refractivity contribution in [2.75, 3.05) is 18.1 Å². The zero-order valence-corrected chi connectivity index (χ0v) is 9.43. The summed E-state index contributed by atoms with van der Waals surface area (Å²) >= 11 is 0. The van der Waals surface area contributed by atoms with Crippen LogP contribution in [0.25, 0.3) is 0 Å². The molecule has 0 saturated heterocycles. The highest BCUT2D eigenvalue weighted by Gasteiger charge is 2.12. The Balaban J connectivity index is 3.81. The summed E-state index contributed by atoms with van der Waals surface area (Å²) in [5.74, 6) is -0.215. The summed E-state index contributed by atoms with van der Waals surface area (Å²) in [5, 5.41) is 2.48. The SMILES string of the molecule is CC[C@@H](N)C(=O)NCCS(=O)(=O)CC. The topological polar surface area (TPSA) is 89.3 Å². The lowest BCUT2D eigenvalue weighted by molar-refractivity contribution is -0.122. The van der Waals surface area contributed by atoms with Crippen molar-refractivity contribution in [3.8, 4) is 0 Å². The second kappa shape index (κ2) is 5.98. The number of hydrogen-bond donors (Lipinski definition) is 2. The minimum Gasteiger partial charge on any atom is -0.354 e. The molecule has 5 nitrogen and oxygen atoms in total. The number of nitrogens with two attached hydrogens (primary N) is 1. The van der Waals surface area contributed by atoms with Crippen molar-refractivity contribution in [3.63, 3.8) is 0 Å². The molecular formula is C8H18N2O3S. The molecule has 0 spiro atoms. The molecule has 14 heavy (non-hydrogen) atoms. The minimum absolute atomic E-state index is 0.0221. The van der Waals surface area contributed by atoms with E-state index in [0.717, 1.165) is 0 Å². The standard InChI is InChI=1S/C8H18N2O3S/c1-3-7(9)8(11)10-5-6-14(12,13)4-2/h7H,3-6,9H2,1-2H3,(H,10,11)/t7-/m1/s1. The number of nitrogens with one attached hydrogen (secondary N) is 1. The van der Waals surface area contributed by atoms with E-state index in [1.807, 2.05) is 0 Å². The van der Waals surface area contributed by atoms with Gasteiger partial charge < -0.3 is 11.1 Å². The van der Waals surface area contributed by atoms with Gasteiger partial charge >= 0.3 is 0 Å². The van der Waals surface area contributed by atoms with Crippen LogP contribution >= 0.6 is 0 Å². The van der Waals surface area contributed by atoms with E-state index in [0.29, 0.717) is 6.42 Å². The second-order valence-electron chi connectivity index (χ2n) is 3.04. The first-order chi connectivity index (χ1) is 6.43. The molecule has 0 bridgehead atoms. The molecule has 0 radical (unpaired) electrons. The third-order valence-corrected chi connectivity index (χ3v) is 3.63. The molecule has 84 valence electrons. The van der Waals surface area contributed by atoms with Gasteiger partial charge in [-0.05, 0) is 6.42 Å². The number of sulfone groups is 1. The predicted molar refractivity (Wildman–Crippen MR) is 55.6 cm³/mol. The number of hydrogen-bond acceptors (Lipinski definition) is 4. The van der Waals surface area contributed by atoms with Gasteiger partial charge in [0.05, 0.1) is 11.8 Å². The van der Waals surface area contributed by atoms with Gasteiger partial charge in [0.15, 0.2) is 9.84 Å². The van der Waals surface area contributed by atoms with Crippen molar-refractivity contribution in [2.45, 2.75) is 26.3 Å². The quantitative estimate of drug-likeness (QED) is 0.620. The summed E-state index contributed by atoms with van der Waals surface area (Å²) in [7, 11) is -3.00. The Kier molecular flexibility index (Phi) is 5.71. The highest BCUT2D eigenvalue weighted by Crippen LogP contribution is 1.89. The highest BCUT2D eigenvalue weighted by molar-refractivity contribution is 7.91. The van der Waals surface area contributed by atoms with Gasteiger partial charge in [0.1, 0.15) is 0 Å². The van der Waals surface area contributed by atoms with Gasteiger partial charge in [-0.2, -0.15) is 0 Å². The van der Waals surface area contributed by atoms with Crippen molar-refractivity contribution in [3.05, 3.63) is 0 Å². The van der Waals surface area contributed by atoms with E-state index in [1.165, 1.54) is 0 Å². The molecule has 0 aliphatic rings. The van der Waals surface area contributed by atoms with E-state index in [2.05, 4.69) is 5.32 Å². The van der Waals surface area contributed by atoms with E-state index < -0.39 is 15.9 Å². The van der Waals surface area contributed by atoms with Crippen molar-refractivity contribution in [1.29, 1.82) is 0 Å². The van der Waals surface area contributed by atoms with Gasteiger partial charge in [-0.25, -0.2) is 8.42 Å². The fraction of sp³-hybridized carbons (Fsp3) is 0.875. The lowest BCUT2D eigenvalue weighted by atomic mass is 10.2. The summed E-state index contributed by atoms with van der Waals surface area (Å²) < 4.78 is 22.1. The predicted octanol–water partition coefficient (Wildman–Crippen LogP) is -0.725. The van der Waals surface area contributed by atoms with Gasteiger partial charge in [-0.15, -0.1) is 0 Å². The smallest absolute Gasteiger partial charge is 0.236 e. The van der Waals surface area contributed by atoms with Crippen molar-refractivity contribution >= 4 is 15.7 Å². The lowest BCUT2D eigenvalue weighted by Gasteiger charge is -2.09. The van der Waals surface area contributed by atoms with Crippen molar-refractivity contribution < 1.29 is 13.2 Å². The Labute approximate surface area is 85.0 Å². The number of carbonyl (C=O) groups is 1. The van der Waals surface area contributed by atoms with Gasteiger partial charge in [0.25, 0.3) is 0 Å². The van der Waals surface area contributed by atoms with Crippen LogP contribution in [-0.2, 0) is 14.6 Å². The Morgan fingerprint density at radius 3 is 2.43 bits per heavy atom. The van der Waals surface area contributed by atoms with E-state index in [-0.39, 0.29) is 24.0 Å².